The fraction of sp³-hybridized carbons (Fsp3) is 0.214. The second kappa shape index (κ2) is 6.69. The van der Waals surface area contributed by atoms with E-state index in [0.717, 1.165) is 0 Å². The second-order valence-electron chi connectivity index (χ2n) is 4.42. The first-order valence-electron chi connectivity index (χ1n) is 6.16. The third kappa shape index (κ3) is 4.54. The molecule has 2 aromatic rings. The number of aryl methyl sites for hydroxylation is 1. The molecule has 1 heterocycles. The molecule has 21 heavy (non-hydrogen) atoms. The van der Waals surface area contributed by atoms with Crippen molar-refractivity contribution in [3.63, 3.8) is 0 Å². The Morgan fingerprint density at radius 1 is 1.38 bits per heavy atom. The van der Waals surface area contributed by atoms with E-state index in [4.69, 9.17) is 16.7 Å². The number of carbonyl (C=O) groups is 2. The molecule has 0 aliphatic rings. The van der Waals surface area contributed by atoms with Gasteiger partial charge in [0.15, 0.2) is 0 Å². The highest BCUT2D eigenvalue weighted by molar-refractivity contribution is 7.12. The molecule has 0 bridgehead atoms. The maximum Gasteiger partial charge on any atom is 0.308 e. The molecular weight excluding hydrogens is 312 g/mol. The quantitative estimate of drug-likeness (QED) is 0.886. The minimum absolute atomic E-state index is 0.0700. The highest BCUT2D eigenvalue weighted by atomic mass is 35.5. The van der Waals surface area contributed by atoms with E-state index < -0.39 is 5.97 Å². The summed E-state index contributed by atoms with van der Waals surface area (Å²) >= 11 is 7.09. The van der Waals surface area contributed by atoms with Crippen LogP contribution in [0.3, 0.4) is 0 Å². The minimum atomic E-state index is -0.906. The van der Waals surface area contributed by atoms with Gasteiger partial charge in [0.25, 0.3) is 0 Å². The maximum absolute atomic E-state index is 11.9. The van der Waals surface area contributed by atoms with E-state index in [1.165, 1.54) is 11.3 Å². The highest BCUT2D eigenvalue weighted by Gasteiger charge is 2.13. The Morgan fingerprint density at radius 2 is 2.14 bits per heavy atom. The van der Waals surface area contributed by atoms with Crippen LogP contribution in [-0.2, 0) is 22.4 Å². The van der Waals surface area contributed by atoms with Crippen molar-refractivity contribution in [2.75, 3.05) is 5.32 Å². The summed E-state index contributed by atoms with van der Waals surface area (Å²) in [7, 11) is 0. The molecule has 0 saturated carbocycles. The summed E-state index contributed by atoms with van der Waals surface area (Å²) < 4.78 is 0. The van der Waals surface area contributed by atoms with Gasteiger partial charge in [0.1, 0.15) is 5.01 Å². The summed E-state index contributed by atoms with van der Waals surface area (Å²) in [5.41, 5.74) is 1.28. The van der Waals surface area contributed by atoms with Gasteiger partial charge in [-0.05, 0) is 25.1 Å². The molecule has 0 unspecified atom stereocenters. The van der Waals surface area contributed by atoms with Crippen molar-refractivity contribution in [3.05, 3.63) is 44.9 Å². The molecule has 0 aliphatic heterocycles. The number of aliphatic carboxylic acids is 1. The lowest BCUT2D eigenvalue weighted by Gasteiger charge is -2.03. The van der Waals surface area contributed by atoms with Gasteiger partial charge in [-0.1, -0.05) is 17.7 Å². The Balaban J connectivity index is 2.01. The average Bonchev–Trinajstić information content (AvgIpc) is 2.68. The molecule has 0 radical (unpaired) electrons. The molecule has 1 aromatic heterocycles. The number of thiazole rings is 1. The number of nitrogens with zero attached hydrogens (tertiary/aromatic N) is 1. The Hall–Kier alpha value is -1.92. The van der Waals surface area contributed by atoms with E-state index in [2.05, 4.69) is 10.3 Å². The van der Waals surface area contributed by atoms with Crippen LogP contribution in [0.5, 0.6) is 0 Å². The molecular formula is C14H13ClN2O3S. The van der Waals surface area contributed by atoms with Crippen molar-refractivity contribution in [3.8, 4) is 0 Å². The first-order chi connectivity index (χ1) is 9.94. The highest BCUT2D eigenvalue weighted by Crippen LogP contribution is 2.20. The third-order valence-corrected chi connectivity index (χ3v) is 4.06. The Kier molecular flexibility index (Phi) is 4.93. The Morgan fingerprint density at radius 3 is 2.81 bits per heavy atom. The van der Waals surface area contributed by atoms with Crippen molar-refractivity contribution in [1.29, 1.82) is 0 Å². The molecule has 0 aliphatic carbocycles. The van der Waals surface area contributed by atoms with Crippen molar-refractivity contribution in [2.45, 2.75) is 19.8 Å². The summed E-state index contributed by atoms with van der Waals surface area (Å²) in [6, 6.07) is 6.87. The number of hydrogen-bond donors (Lipinski definition) is 2. The van der Waals surface area contributed by atoms with Crippen LogP contribution in [0.1, 0.15) is 15.6 Å². The monoisotopic (exact) mass is 324 g/mol. The van der Waals surface area contributed by atoms with Gasteiger partial charge in [0, 0.05) is 15.6 Å². The molecule has 0 fully saturated rings. The molecule has 5 nitrogen and oxygen atoms in total. The molecule has 0 saturated heterocycles. The number of halogens is 1. The topological polar surface area (TPSA) is 79.3 Å². The largest absolute Gasteiger partial charge is 0.481 e. The van der Waals surface area contributed by atoms with Gasteiger partial charge in [0.05, 0.1) is 18.5 Å². The zero-order chi connectivity index (χ0) is 15.4. The van der Waals surface area contributed by atoms with Crippen LogP contribution in [-0.4, -0.2) is 22.0 Å². The number of carboxylic acid groups (broad SMARTS) is 1. The van der Waals surface area contributed by atoms with Crippen molar-refractivity contribution in [1.82, 2.24) is 4.98 Å². The molecule has 2 N–H and O–H groups in total. The number of aromatic nitrogens is 1. The molecule has 1 aromatic carbocycles. The summed E-state index contributed by atoms with van der Waals surface area (Å²) in [5.74, 6) is -1.12. The fourth-order valence-corrected chi connectivity index (χ4v) is 3.02. The van der Waals surface area contributed by atoms with Gasteiger partial charge in [-0.15, -0.1) is 11.3 Å². The number of carbonyl (C=O) groups excluding carboxylic acids is 1. The van der Waals surface area contributed by atoms with Gasteiger partial charge >= 0.3 is 5.97 Å². The first kappa shape index (κ1) is 15.5. The van der Waals surface area contributed by atoms with E-state index >= 15 is 0 Å². The van der Waals surface area contributed by atoms with Crippen LogP contribution in [0.25, 0.3) is 0 Å². The van der Waals surface area contributed by atoms with E-state index in [-0.39, 0.29) is 18.7 Å². The summed E-state index contributed by atoms with van der Waals surface area (Å²) in [5, 5.41) is 12.7. The van der Waals surface area contributed by atoms with Crippen LogP contribution in [0.15, 0.2) is 24.3 Å². The number of benzene rings is 1. The lowest BCUT2D eigenvalue weighted by Crippen LogP contribution is -2.14. The number of anilines is 1. The number of nitrogens with one attached hydrogen (secondary N) is 1. The molecule has 110 valence electrons. The number of amides is 1. The van der Waals surface area contributed by atoms with Crippen molar-refractivity contribution < 1.29 is 14.7 Å². The third-order valence-electron chi connectivity index (χ3n) is 2.67. The first-order valence-corrected chi connectivity index (χ1v) is 7.36. The predicted molar refractivity (Wildman–Crippen MR) is 82.0 cm³/mol. The van der Waals surface area contributed by atoms with E-state index in [1.54, 1.807) is 31.2 Å². The van der Waals surface area contributed by atoms with Gasteiger partial charge in [-0.2, -0.15) is 0 Å². The lowest BCUT2D eigenvalue weighted by molar-refractivity contribution is -0.136. The number of hydrogen-bond acceptors (Lipinski definition) is 4. The standard InChI is InChI=1S/C14H13ClN2O3S/c1-8-11(6-14(19)20)21-13(16-8)7-12(18)17-10-4-2-3-9(15)5-10/h2-5H,6-7H2,1H3,(H,17,18)(H,19,20). The summed E-state index contributed by atoms with van der Waals surface area (Å²) in [6.45, 7) is 1.74. The van der Waals surface area contributed by atoms with Crippen LogP contribution < -0.4 is 5.32 Å². The van der Waals surface area contributed by atoms with Crippen molar-refractivity contribution >= 4 is 40.5 Å². The van der Waals surface area contributed by atoms with E-state index in [1.807, 2.05) is 0 Å². The molecule has 0 atom stereocenters. The SMILES string of the molecule is Cc1nc(CC(=O)Nc2cccc(Cl)c2)sc1CC(=O)O. The van der Waals surface area contributed by atoms with Crippen LogP contribution in [0.2, 0.25) is 5.02 Å². The van der Waals surface area contributed by atoms with Gasteiger partial charge in [-0.3, -0.25) is 9.59 Å². The smallest absolute Gasteiger partial charge is 0.308 e. The zero-order valence-corrected chi connectivity index (χ0v) is 12.8. The van der Waals surface area contributed by atoms with Crippen LogP contribution in [0, 0.1) is 6.92 Å². The van der Waals surface area contributed by atoms with Crippen LogP contribution >= 0.6 is 22.9 Å². The summed E-state index contributed by atoms with van der Waals surface area (Å²) in [4.78, 5) is 27.5. The van der Waals surface area contributed by atoms with Gasteiger partial charge < -0.3 is 10.4 Å². The van der Waals surface area contributed by atoms with Gasteiger partial charge in [0.2, 0.25) is 5.91 Å². The Labute approximate surface area is 130 Å². The predicted octanol–water partition coefficient (Wildman–Crippen LogP) is 2.91. The zero-order valence-electron chi connectivity index (χ0n) is 11.2. The maximum atomic E-state index is 11.9. The minimum Gasteiger partial charge on any atom is -0.481 e. The summed E-state index contributed by atoms with van der Waals surface area (Å²) in [6.07, 6.45) is 0.0387. The molecule has 0 spiro atoms. The van der Waals surface area contributed by atoms with Crippen LogP contribution in [0.4, 0.5) is 5.69 Å². The lowest BCUT2D eigenvalue weighted by atomic mass is 10.3. The second-order valence-corrected chi connectivity index (χ2v) is 6.03. The van der Waals surface area contributed by atoms with Gasteiger partial charge in [-0.25, -0.2) is 4.98 Å². The Bertz CT molecular complexity index is 685. The fourth-order valence-electron chi connectivity index (χ4n) is 1.77. The van der Waals surface area contributed by atoms with Crippen molar-refractivity contribution in [2.24, 2.45) is 0 Å². The molecule has 7 heteroatoms. The normalized spacial score (nSPS) is 10.4. The number of carboxylic acids is 1. The van der Waals surface area contributed by atoms with E-state index in [9.17, 15) is 9.59 Å². The number of rotatable bonds is 5. The average molecular weight is 325 g/mol. The molecule has 1 amide bonds. The van der Waals surface area contributed by atoms with E-state index in [0.29, 0.717) is 26.3 Å². The molecule has 2 rings (SSSR count).